The number of sulfonamides is 1. The van der Waals surface area contributed by atoms with Crippen molar-refractivity contribution in [1.29, 1.82) is 0 Å². The zero-order valence-electron chi connectivity index (χ0n) is 12.4. The summed E-state index contributed by atoms with van der Waals surface area (Å²) in [5.74, 6) is 0.136. The molecule has 1 saturated carbocycles. The molecule has 0 spiro atoms. The number of hydrogen-bond donors (Lipinski definition) is 0. The Morgan fingerprint density at radius 3 is 2.65 bits per heavy atom. The fraction of sp³-hybridized carbons (Fsp3) is 0.571. The molecule has 1 saturated heterocycles. The predicted octanol–water partition coefficient (Wildman–Crippen LogP) is 2.44. The first-order valence-electron chi connectivity index (χ1n) is 7.43. The Hall–Kier alpha value is -1.22. The van der Waals surface area contributed by atoms with Crippen LogP contribution in [0.5, 0.6) is 0 Å². The quantitative estimate of drug-likeness (QED) is 0.574. The summed E-state index contributed by atoms with van der Waals surface area (Å²) in [5.41, 5.74) is -0.481. The molecule has 0 bridgehead atoms. The summed E-state index contributed by atoms with van der Waals surface area (Å²) in [6, 6.07) is 3.59. The van der Waals surface area contributed by atoms with Crippen LogP contribution in [-0.4, -0.2) is 43.4 Å². The van der Waals surface area contributed by atoms with E-state index in [9.17, 15) is 18.5 Å². The maximum Gasteiger partial charge on any atom is 0.290 e. The number of rotatable bonds is 6. The van der Waals surface area contributed by atoms with Gasteiger partial charge in [-0.05, 0) is 37.3 Å². The highest BCUT2D eigenvalue weighted by atomic mass is 35.5. The predicted molar refractivity (Wildman–Crippen MR) is 83.9 cm³/mol. The van der Waals surface area contributed by atoms with Crippen LogP contribution < -0.4 is 0 Å². The molecule has 0 amide bonds. The lowest BCUT2D eigenvalue weighted by Gasteiger charge is -2.24. The minimum Gasteiger partial charge on any atom is -0.381 e. The molecular formula is C14H17ClN2O5S. The van der Waals surface area contributed by atoms with E-state index in [0.29, 0.717) is 19.8 Å². The van der Waals surface area contributed by atoms with Gasteiger partial charge >= 0.3 is 0 Å². The summed E-state index contributed by atoms with van der Waals surface area (Å²) >= 11 is 5.77. The van der Waals surface area contributed by atoms with Crippen molar-refractivity contribution >= 4 is 27.3 Å². The van der Waals surface area contributed by atoms with E-state index in [0.717, 1.165) is 25.3 Å². The van der Waals surface area contributed by atoms with Gasteiger partial charge in [-0.25, -0.2) is 8.42 Å². The van der Waals surface area contributed by atoms with Gasteiger partial charge in [-0.2, -0.15) is 4.31 Å². The average molecular weight is 361 g/mol. The lowest BCUT2D eigenvalue weighted by Crippen LogP contribution is -2.37. The molecule has 1 heterocycles. The number of ether oxygens (including phenoxy) is 1. The fourth-order valence-corrected chi connectivity index (χ4v) is 4.83. The lowest BCUT2D eigenvalue weighted by atomic mass is 10.1. The first kappa shape index (κ1) is 16.6. The van der Waals surface area contributed by atoms with Crippen molar-refractivity contribution in [3.05, 3.63) is 33.3 Å². The van der Waals surface area contributed by atoms with Crippen molar-refractivity contribution in [2.75, 3.05) is 19.8 Å². The van der Waals surface area contributed by atoms with Crippen LogP contribution in [0.25, 0.3) is 0 Å². The Bertz CT molecular complexity index is 714. The topological polar surface area (TPSA) is 89.8 Å². The highest BCUT2D eigenvalue weighted by Gasteiger charge is 2.42. The third-order valence-electron chi connectivity index (χ3n) is 4.12. The van der Waals surface area contributed by atoms with Gasteiger partial charge in [0.05, 0.1) is 11.5 Å². The number of benzene rings is 1. The Kier molecular flexibility index (Phi) is 4.59. The number of halogens is 1. The monoisotopic (exact) mass is 360 g/mol. The molecule has 1 aromatic carbocycles. The van der Waals surface area contributed by atoms with Gasteiger partial charge < -0.3 is 4.74 Å². The van der Waals surface area contributed by atoms with Gasteiger partial charge in [0, 0.05) is 30.3 Å². The molecular weight excluding hydrogens is 344 g/mol. The largest absolute Gasteiger partial charge is 0.381 e. The summed E-state index contributed by atoms with van der Waals surface area (Å²) in [4.78, 5) is 10.2. The van der Waals surface area contributed by atoms with Crippen molar-refractivity contribution in [1.82, 2.24) is 4.31 Å². The van der Waals surface area contributed by atoms with Crippen molar-refractivity contribution < 1.29 is 18.1 Å². The van der Waals surface area contributed by atoms with E-state index in [-0.39, 0.29) is 21.9 Å². The SMILES string of the molecule is O=[N+]([O-])c1cc(Cl)ccc1S(=O)(=O)N(CC1CCOC1)C1CC1. The van der Waals surface area contributed by atoms with Gasteiger partial charge in [0.2, 0.25) is 10.0 Å². The number of nitro benzene ring substituents is 1. The van der Waals surface area contributed by atoms with E-state index in [1.807, 2.05) is 0 Å². The lowest BCUT2D eigenvalue weighted by molar-refractivity contribution is -0.387. The average Bonchev–Trinajstić information content (AvgIpc) is 3.20. The first-order valence-corrected chi connectivity index (χ1v) is 9.25. The molecule has 0 aromatic heterocycles. The second-order valence-corrected chi connectivity index (χ2v) is 8.20. The zero-order valence-corrected chi connectivity index (χ0v) is 13.9. The van der Waals surface area contributed by atoms with Crippen LogP contribution >= 0.6 is 11.6 Å². The van der Waals surface area contributed by atoms with Crippen molar-refractivity contribution in [2.45, 2.75) is 30.2 Å². The molecule has 9 heteroatoms. The molecule has 7 nitrogen and oxygen atoms in total. The van der Waals surface area contributed by atoms with Crippen LogP contribution in [0.15, 0.2) is 23.1 Å². The standard InChI is InChI=1S/C14H17ClN2O5S/c15-11-1-4-14(13(7-11)17(18)19)23(20,21)16(12-2-3-12)8-10-5-6-22-9-10/h1,4,7,10,12H,2-3,5-6,8-9H2. The summed E-state index contributed by atoms with van der Waals surface area (Å²) < 4.78 is 32.7. The molecule has 2 fully saturated rings. The van der Waals surface area contributed by atoms with Crippen LogP contribution in [0.2, 0.25) is 5.02 Å². The summed E-state index contributed by atoms with van der Waals surface area (Å²) in [6.07, 6.45) is 2.38. The molecule has 23 heavy (non-hydrogen) atoms. The normalized spacial score (nSPS) is 21.7. The maximum absolute atomic E-state index is 13.0. The molecule has 126 valence electrons. The van der Waals surface area contributed by atoms with E-state index >= 15 is 0 Å². The highest BCUT2D eigenvalue weighted by molar-refractivity contribution is 7.89. The van der Waals surface area contributed by atoms with Crippen molar-refractivity contribution in [3.63, 3.8) is 0 Å². The van der Waals surface area contributed by atoms with Crippen LogP contribution in [0.1, 0.15) is 19.3 Å². The van der Waals surface area contributed by atoms with Crippen LogP contribution in [0.4, 0.5) is 5.69 Å². The third-order valence-corrected chi connectivity index (χ3v) is 6.32. The maximum atomic E-state index is 13.0. The Morgan fingerprint density at radius 1 is 1.35 bits per heavy atom. The van der Waals surface area contributed by atoms with Gasteiger partial charge in [-0.15, -0.1) is 0 Å². The number of nitro groups is 1. The van der Waals surface area contributed by atoms with E-state index in [4.69, 9.17) is 16.3 Å². The van der Waals surface area contributed by atoms with E-state index < -0.39 is 20.6 Å². The van der Waals surface area contributed by atoms with Crippen molar-refractivity contribution in [3.8, 4) is 0 Å². The van der Waals surface area contributed by atoms with E-state index in [2.05, 4.69) is 0 Å². The second-order valence-electron chi connectivity index (χ2n) is 5.90. The zero-order chi connectivity index (χ0) is 16.6. The Labute approximate surface area is 139 Å². The van der Waals surface area contributed by atoms with Crippen LogP contribution in [0, 0.1) is 16.0 Å². The molecule has 1 aliphatic carbocycles. The van der Waals surface area contributed by atoms with Gasteiger partial charge in [0.1, 0.15) is 0 Å². The van der Waals surface area contributed by atoms with E-state index in [1.54, 1.807) is 0 Å². The van der Waals surface area contributed by atoms with Crippen LogP contribution in [-0.2, 0) is 14.8 Å². The molecule has 1 aromatic rings. The van der Waals surface area contributed by atoms with Crippen molar-refractivity contribution in [2.24, 2.45) is 5.92 Å². The van der Waals surface area contributed by atoms with Gasteiger partial charge in [0.15, 0.2) is 4.90 Å². The Morgan fingerprint density at radius 2 is 2.09 bits per heavy atom. The summed E-state index contributed by atoms with van der Waals surface area (Å²) in [5, 5.41) is 11.4. The smallest absolute Gasteiger partial charge is 0.290 e. The Balaban J connectivity index is 1.96. The first-order chi connectivity index (χ1) is 10.9. The number of nitrogens with zero attached hydrogens (tertiary/aromatic N) is 2. The minimum atomic E-state index is -3.94. The van der Waals surface area contributed by atoms with Gasteiger partial charge in [0.25, 0.3) is 5.69 Å². The fourth-order valence-electron chi connectivity index (χ4n) is 2.77. The molecule has 2 aliphatic rings. The molecule has 1 atom stereocenters. The van der Waals surface area contributed by atoms with E-state index in [1.165, 1.54) is 16.4 Å². The van der Waals surface area contributed by atoms with Crippen LogP contribution in [0.3, 0.4) is 0 Å². The minimum absolute atomic E-state index is 0.0733. The molecule has 1 aliphatic heterocycles. The molecule has 0 N–H and O–H groups in total. The highest BCUT2D eigenvalue weighted by Crippen LogP contribution is 2.37. The molecule has 1 unspecified atom stereocenters. The van der Waals surface area contributed by atoms with Gasteiger partial charge in [-0.3, -0.25) is 10.1 Å². The number of hydrogen-bond acceptors (Lipinski definition) is 5. The molecule has 3 rings (SSSR count). The molecule has 0 radical (unpaired) electrons. The summed E-state index contributed by atoms with van der Waals surface area (Å²) in [7, 11) is -3.94. The second kappa shape index (κ2) is 6.35. The van der Waals surface area contributed by atoms with Gasteiger partial charge in [-0.1, -0.05) is 11.6 Å². The summed E-state index contributed by atoms with van der Waals surface area (Å²) in [6.45, 7) is 1.50. The third kappa shape index (κ3) is 3.50.